The second-order valence-corrected chi connectivity index (χ2v) is 5.56. The van der Waals surface area contributed by atoms with Crippen LogP contribution in [0.3, 0.4) is 0 Å². The maximum Gasteiger partial charge on any atom is 0.152 e. The van der Waals surface area contributed by atoms with Gasteiger partial charge in [-0.15, -0.1) is 11.3 Å². The van der Waals surface area contributed by atoms with E-state index in [9.17, 15) is 4.79 Å². The van der Waals surface area contributed by atoms with Gasteiger partial charge >= 0.3 is 0 Å². The van der Waals surface area contributed by atoms with Crippen molar-refractivity contribution in [2.45, 2.75) is 0 Å². The fourth-order valence-corrected chi connectivity index (χ4v) is 3.02. The number of aldehydes is 1. The first-order chi connectivity index (χ1) is 8.29. The van der Waals surface area contributed by atoms with E-state index in [1.807, 2.05) is 35.7 Å². The van der Waals surface area contributed by atoms with Crippen LogP contribution in [0.5, 0.6) is 0 Å². The standard InChI is InChI=1S/C13H8BrNOS/c14-8-3-4-11-9(6-8)10(7-16)13(15-11)12-2-1-5-17-12/h1-7,15H. The number of rotatable bonds is 2. The lowest BCUT2D eigenvalue weighted by Gasteiger charge is -1.93. The molecule has 0 aliphatic carbocycles. The maximum absolute atomic E-state index is 11.3. The Morgan fingerprint density at radius 1 is 1.29 bits per heavy atom. The lowest BCUT2D eigenvalue weighted by Crippen LogP contribution is -1.80. The number of fused-ring (bicyclic) bond motifs is 1. The Balaban J connectivity index is 2.36. The van der Waals surface area contributed by atoms with Crippen LogP contribution < -0.4 is 0 Å². The normalized spacial score (nSPS) is 10.9. The third kappa shape index (κ3) is 1.73. The van der Waals surface area contributed by atoms with Gasteiger partial charge in [0.1, 0.15) is 0 Å². The zero-order valence-electron chi connectivity index (χ0n) is 8.74. The number of H-pyrrole nitrogens is 1. The predicted molar refractivity (Wildman–Crippen MR) is 74.7 cm³/mol. The first kappa shape index (κ1) is 10.7. The van der Waals surface area contributed by atoms with E-state index in [2.05, 4.69) is 20.9 Å². The molecule has 3 rings (SSSR count). The molecule has 84 valence electrons. The number of carbonyl (C=O) groups excluding carboxylic acids is 1. The van der Waals surface area contributed by atoms with Crippen molar-refractivity contribution in [1.29, 1.82) is 0 Å². The molecule has 2 aromatic heterocycles. The average Bonchev–Trinajstić information content (AvgIpc) is 2.94. The zero-order chi connectivity index (χ0) is 11.8. The minimum absolute atomic E-state index is 0.726. The van der Waals surface area contributed by atoms with Crippen molar-refractivity contribution in [2.24, 2.45) is 0 Å². The van der Waals surface area contributed by atoms with E-state index < -0.39 is 0 Å². The Hall–Kier alpha value is -1.39. The van der Waals surface area contributed by atoms with Gasteiger partial charge in [0.15, 0.2) is 6.29 Å². The Labute approximate surface area is 110 Å². The summed E-state index contributed by atoms with van der Waals surface area (Å²) < 4.78 is 0.977. The topological polar surface area (TPSA) is 32.9 Å². The molecule has 2 heterocycles. The Bertz CT molecular complexity index is 685. The first-order valence-electron chi connectivity index (χ1n) is 5.10. The third-order valence-electron chi connectivity index (χ3n) is 2.69. The number of carbonyl (C=O) groups is 1. The fourth-order valence-electron chi connectivity index (χ4n) is 1.92. The number of aromatic amines is 1. The fraction of sp³-hybridized carbons (Fsp3) is 0. The molecular formula is C13H8BrNOS. The number of hydrogen-bond donors (Lipinski definition) is 1. The summed E-state index contributed by atoms with van der Waals surface area (Å²) in [7, 11) is 0. The molecule has 0 amide bonds. The van der Waals surface area contributed by atoms with Crippen LogP contribution in [0.2, 0.25) is 0 Å². The molecular weight excluding hydrogens is 298 g/mol. The van der Waals surface area contributed by atoms with Crippen LogP contribution in [0.25, 0.3) is 21.5 Å². The van der Waals surface area contributed by atoms with E-state index in [-0.39, 0.29) is 0 Å². The van der Waals surface area contributed by atoms with Crippen molar-refractivity contribution >= 4 is 44.5 Å². The summed E-state index contributed by atoms with van der Waals surface area (Å²) in [4.78, 5) is 15.7. The van der Waals surface area contributed by atoms with Crippen molar-refractivity contribution in [3.63, 3.8) is 0 Å². The number of thiophene rings is 1. The molecule has 4 heteroatoms. The second-order valence-electron chi connectivity index (χ2n) is 3.70. The molecule has 0 radical (unpaired) electrons. The molecule has 0 fully saturated rings. The lowest BCUT2D eigenvalue weighted by atomic mass is 10.1. The molecule has 0 saturated heterocycles. The molecule has 17 heavy (non-hydrogen) atoms. The van der Waals surface area contributed by atoms with Crippen LogP contribution in [-0.4, -0.2) is 11.3 Å². The molecule has 0 spiro atoms. The van der Waals surface area contributed by atoms with Gasteiger partial charge in [-0.05, 0) is 29.6 Å². The highest BCUT2D eigenvalue weighted by atomic mass is 79.9. The molecule has 2 nitrogen and oxygen atoms in total. The van der Waals surface area contributed by atoms with E-state index in [1.54, 1.807) is 11.3 Å². The first-order valence-corrected chi connectivity index (χ1v) is 6.77. The SMILES string of the molecule is O=Cc1c(-c2cccs2)[nH]c2ccc(Br)cc12. The van der Waals surface area contributed by atoms with Gasteiger partial charge in [-0.3, -0.25) is 4.79 Å². The molecule has 0 saturated carbocycles. The molecule has 1 N–H and O–H groups in total. The number of hydrogen-bond acceptors (Lipinski definition) is 2. The van der Waals surface area contributed by atoms with E-state index >= 15 is 0 Å². The summed E-state index contributed by atoms with van der Waals surface area (Å²) in [6.07, 6.45) is 0.917. The second kappa shape index (κ2) is 4.13. The summed E-state index contributed by atoms with van der Waals surface area (Å²) in [6, 6.07) is 9.90. The molecule has 0 bridgehead atoms. The number of nitrogens with one attached hydrogen (secondary N) is 1. The van der Waals surface area contributed by atoms with E-state index in [0.29, 0.717) is 0 Å². The van der Waals surface area contributed by atoms with E-state index in [1.165, 1.54) is 0 Å². The highest BCUT2D eigenvalue weighted by Crippen LogP contribution is 2.33. The van der Waals surface area contributed by atoms with Gasteiger partial charge < -0.3 is 4.98 Å². The molecule has 0 aliphatic heterocycles. The van der Waals surface area contributed by atoms with E-state index in [4.69, 9.17) is 0 Å². The summed E-state index contributed by atoms with van der Waals surface area (Å²) in [5, 5.41) is 2.96. The van der Waals surface area contributed by atoms with Crippen LogP contribution in [0, 0.1) is 0 Å². The van der Waals surface area contributed by atoms with Crippen molar-refractivity contribution < 1.29 is 4.79 Å². The average molecular weight is 306 g/mol. The number of aromatic nitrogens is 1. The van der Waals surface area contributed by atoms with Gasteiger partial charge in [0.05, 0.1) is 10.6 Å². The summed E-state index contributed by atoms with van der Waals surface area (Å²) >= 11 is 5.05. The molecule has 0 atom stereocenters. The van der Waals surface area contributed by atoms with Crippen molar-refractivity contribution in [3.05, 3.63) is 45.7 Å². The molecule has 0 unspecified atom stereocenters. The van der Waals surface area contributed by atoms with Crippen LogP contribution in [0.1, 0.15) is 10.4 Å². The van der Waals surface area contributed by atoms with Crippen molar-refractivity contribution in [1.82, 2.24) is 4.98 Å². The smallest absolute Gasteiger partial charge is 0.152 e. The highest BCUT2D eigenvalue weighted by molar-refractivity contribution is 9.10. The van der Waals surface area contributed by atoms with Gasteiger partial charge in [0, 0.05) is 20.9 Å². The number of benzene rings is 1. The van der Waals surface area contributed by atoms with Crippen LogP contribution in [0.4, 0.5) is 0 Å². The Kier molecular flexibility index (Phi) is 2.61. The highest BCUT2D eigenvalue weighted by Gasteiger charge is 2.13. The number of halogens is 1. The molecule has 0 aliphatic rings. The minimum atomic E-state index is 0.726. The van der Waals surface area contributed by atoms with Gasteiger partial charge in [-0.2, -0.15) is 0 Å². The van der Waals surface area contributed by atoms with E-state index in [0.717, 1.165) is 37.8 Å². The predicted octanol–water partition coefficient (Wildman–Crippen LogP) is 4.47. The largest absolute Gasteiger partial charge is 0.353 e. The third-order valence-corrected chi connectivity index (χ3v) is 4.07. The quantitative estimate of drug-likeness (QED) is 0.696. The van der Waals surface area contributed by atoms with Crippen LogP contribution >= 0.6 is 27.3 Å². The summed E-state index contributed by atoms with van der Waals surface area (Å²) in [6.45, 7) is 0. The Morgan fingerprint density at radius 2 is 2.18 bits per heavy atom. The monoisotopic (exact) mass is 305 g/mol. The van der Waals surface area contributed by atoms with Gasteiger partial charge in [-0.25, -0.2) is 0 Å². The summed E-state index contributed by atoms with van der Waals surface area (Å²) in [5.41, 5.74) is 2.62. The molecule has 1 aromatic carbocycles. The molecule has 3 aromatic rings. The lowest BCUT2D eigenvalue weighted by molar-refractivity contribution is 0.112. The summed E-state index contributed by atoms with van der Waals surface area (Å²) in [5.74, 6) is 0. The van der Waals surface area contributed by atoms with Crippen LogP contribution in [-0.2, 0) is 0 Å². The Morgan fingerprint density at radius 3 is 2.88 bits per heavy atom. The van der Waals surface area contributed by atoms with Gasteiger partial charge in [0.2, 0.25) is 0 Å². The van der Waals surface area contributed by atoms with Gasteiger partial charge in [-0.1, -0.05) is 22.0 Å². The van der Waals surface area contributed by atoms with Crippen molar-refractivity contribution in [2.75, 3.05) is 0 Å². The maximum atomic E-state index is 11.3. The van der Waals surface area contributed by atoms with Gasteiger partial charge in [0.25, 0.3) is 0 Å². The zero-order valence-corrected chi connectivity index (χ0v) is 11.1. The van der Waals surface area contributed by atoms with Crippen molar-refractivity contribution in [3.8, 4) is 10.6 Å². The minimum Gasteiger partial charge on any atom is -0.353 e. The van der Waals surface area contributed by atoms with Crippen LogP contribution in [0.15, 0.2) is 40.2 Å².